The molecule has 1 heterocycles. The molecule has 2 aromatic rings. The first-order valence-electron chi connectivity index (χ1n) is 9.09. The third-order valence-corrected chi connectivity index (χ3v) is 5.29. The molecule has 0 saturated carbocycles. The van der Waals surface area contributed by atoms with Crippen molar-refractivity contribution in [2.45, 2.75) is 26.7 Å². The Morgan fingerprint density at radius 1 is 1.14 bits per heavy atom. The van der Waals surface area contributed by atoms with Crippen molar-refractivity contribution in [3.63, 3.8) is 0 Å². The minimum absolute atomic E-state index is 0.0266. The second-order valence-electron chi connectivity index (χ2n) is 6.50. The van der Waals surface area contributed by atoms with Crippen LogP contribution in [0.15, 0.2) is 58.4 Å². The van der Waals surface area contributed by atoms with Crippen LogP contribution in [0.5, 0.6) is 0 Å². The predicted octanol–water partition coefficient (Wildman–Crippen LogP) is 5.31. The smallest absolute Gasteiger partial charge is 0.269 e. The maximum absolute atomic E-state index is 12.9. The Labute approximate surface area is 168 Å². The average Bonchev–Trinajstić information content (AvgIpc) is 2.97. The number of amidine groups is 1. The fourth-order valence-electron chi connectivity index (χ4n) is 2.68. The van der Waals surface area contributed by atoms with E-state index in [-0.39, 0.29) is 11.6 Å². The summed E-state index contributed by atoms with van der Waals surface area (Å²) in [6.45, 7) is 4.71. The van der Waals surface area contributed by atoms with Gasteiger partial charge in [0.05, 0.1) is 15.5 Å². The van der Waals surface area contributed by atoms with E-state index in [1.165, 1.54) is 23.9 Å². The van der Waals surface area contributed by atoms with Gasteiger partial charge in [0.25, 0.3) is 11.6 Å². The minimum Gasteiger partial charge on any atom is -0.286 e. The van der Waals surface area contributed by atoms with E-state index in [1.807, 2.05) is 31.2 Å². The molecule has 0 radical (unpaired) electrons. The Bertz CT molecular complexity index is 934. The van der Waals surface area contributed by atoms with Crippen molar-refractivity contribution in [1.29, 1.82) is 0 Å². The zero-order valence-electron chi connectivity index (χ0n) is 15.8. The summed E-state index contributed by atoms with van der Waals surface area (Å²) in [6, 6.07) is 14.0. The number of rotatable bonds is 6. The fourth-order valence-corrected chi connectivity index (χ4v) is 3.70. The van der Waals surface area contributed by atoms with Crippen molar-refractivity contribution in [3.8, 4) is 0 Å². The maximum atomic E-state index is 12.9. The SMILES string of the molecule is CCCCN1C(=O)/C(=C\c2ccc([N+](=O)[O-])cc2)SC1=Nc1ccc(C)cc1. The van der Waals surface area contributed by atoms with Crippen LogP contribution in [-0.2, 0) is 4.79 Å². The number of nitrogens with zero attached hydrogens (tertiary/aromatic N) is 3. The molecule has 7 heteroatoms. The lowest BCUT2D eigenvalue weighted by Crippen LogP contribution is -2.30. The van der Waals surface area contributed by atoms with Crippen LogP contribution in [0.4, 0.5) is 11.4 Å². The lowest BCUT2D eigenvalue weighted by molar-refractivity contribution is -0.384. The molecule has 0 unspecified atom stereocenters. The van der Waals surface area contributed by atoms with Gasteiger partial charge in [0.2, 0.25) is 0 Å². The highest BCUT2D eigenvalue weighted by atomic mass is 32.2. The van der Waals surface area contributed by atoms with Gasteiger partial charge in [0.1, 0.15) is 0 Å². The number of carbonyl (C=O) groups excluding carboxylic acids is 1. The molecule has 1 aliphatic rings. The summed E-state index contributed by atoms with van der Waals surface area (Å²) in [4.78, 5) is 30.2. The van der Waals surface area contributed by atoms with Gasteiger partial charge in [-0.3, -0.25) is 19.8 Å². The molecular weight excluding hydrogens is 374 g/mol. The minimum atomic E-state index is -0.439. The Kier molecular flexibility index (Phi) is 6.26. The van der Waals surface area contributed by atoms with Crippen molar-refractivity contribution >= 4 is 40.3 Å². The molecule has 6 nitrogen and oxygen atoms in total. The van der Waals surface area contributed by atoms with Gasteiger partial charge in [-0.15, -0.1) is 0 Å². The Balaban J connectivity index is 1.89. The molecule has 1 amide bonds. The monoisotopic (exact) mass is 395 g/mol. The molecule has 0 atom stereocenters. The van der Waals surface area contributed by atoms with Crippen LogP contribution >= 0.6 is 11.8 Å². The largest absolute Gasteiger partial charge is 0.286 e. The summed E-state index contributed by atoms with van der Waals surface area (Å²) >= 11 is 1.34. The number of benzene rings is 2. The molecule has 0 aliphatic carbocycles. The van der Waals surface area contributed by atoms with Crippen LogP contribution in [0.1, 0.15) is 30.9 Å². The summed E-state index contributed by atoms with van der Waals surface area (Å²) in [7, 11) is 0. The van der Waals surface area contributed by atoms with Gasteiger partial charge in [-0.05, 0) is 61.0 Å². The molecule has 2 aromatic carbocycles. The number of thioether (sulfide) groups is 1. The van der Waals surface area contributed by atoms with E-state index in [0.717, 1.165) is 29.7 Å². The van der Waals surface area contributed by atoms with Crippen molar-refractivity contribution in [3.05, 3.63) is 74.7 Å². The summed E-state index contributed by atoms with van der Waals surface area (Å²) < 4.78 is 0. The topological polar surface area (TPSA) is 75.8 Å². The zero-order valence-corrected chi connectivity index (χ0v) is 16.6. The van der Waals surface area contributed by atoms with Gasteiger partial charge in [-0.1, -0.05) is 31.0 Å². The third-order valence-electron chi connectivity index (χ3n) is 4.28. The molecule has 1 saturated heterocycles. The Hall–Kier alpha value is -2.93. The van der Waals surface area contributed by atoms with Crippen LogP contribution < -0.4 is 0 Å². The molecule has 1 fully saturated rings. The Morgan fingerprint density at radius 2 is 1.82 bits per heavy atom. The van der Waals surface area contributed by atoms with E-state index in [0.29, 0.717) is 16.6 Å². The number of unbranched alkanes of at least 4 members (excludes halogenated alkanes) is 1. The van der Waals surface area contributed by atoms with Gasteiger partial charge >= 0.3 is 0 Å². The van der Waals surface area contributed by atoms with Gasteiger partial charge in [0, 0.05) is 18.7 Å². The first-order valence-corrected chi connectivity index (χ1v) is 9.91. The van der Waals surface area contributed by atoms with Gasteiger partial charge in [0.15, 0.2) is 5.17 Å². The second kappa shape index (κ2) is 8.84. The molecule has 0 aromatic heterocycles. The quantitative estimate of drug-likeness (QED) is 0.377. The number of non-ortho nitro benzene ring substituents is 1. The van der Waals surface area contributed by atoms with Gasteiger partial charge in [-0.25, -0.2) is 4.99 Å². The average molecular weight is 395 g/mol. The number of nitro groups is 1. The highest BCUT2D eigenvalue weighted by Gasteiger charge is 2.32. The molecule has 28 heavy (non-hydrogen) atoms. The number of amides is 1. The number of hydrogen-bond acceptors (Lipinski definition) is 5. The van der Waals surface area contributed by atoms with Crippen LogP contribution in [0.2, 0.25) is 0 Å². The predicted molar refractivity (Wildman–Crippen MR) is 114 cm³/mol. The fraction of sp³-hybridized carbons (Fsp3) is 0.238. The first-order chi connectivity index (χ1) is 13.5. The van der Waals surface area contributed by atoms with E-state index in [2.05, 4.69) is 11.9 Å². The molecule has 0 spiro atoms. The maximum Gasteiger partial charge on any atom is 0.269 e. The van der Waals surface area contributed by atoms with E-state index in [4.69, 9.17) is 0 Å². The summed E-state index contributed by atoms with van der Waals surface area (Å²) in [5.74, 6) is -0.0809. The molecular formula is C21H21N3O3S. The van der Waals surface area contributed by atoms with Crippen molar-refractivity contribution in [1.82, 2.24) is 4.90 Å². The van der Waals surface area contributed by atoms with Crippen LogP contribution in [-0.4, -0.2) is 27.4 Å². The standard InChI is InChI=1S/C21H21N3O3S/c1-3-4-13-23-20(25)19(14-16-7-11-18(12-8-16)24(26)27)28-21(23)22-17-9-5-15(2)6-10-17/h5-12,14H,3-4,13H2,1-2H3/b19-14+,22-21?. The summed E-state index contributed by atoms with van der Waals surface area (Å²) in [5, 5.41) is 11.5. The van der Waals surface area contributed by atoms with Gasteiger partial charge < -0.3 is 0 Å². The number of aliphatic imine (C=N–C) groups is 1. The molecule has 144 valence electrons. The van der Waals surface area contributed by atoms with Crippen molar-refractivity contribution in [2.75, 3.05) is 6.54 Å². The van der Waals surface area contributed by atoms with Crippen molar-refractivity contribution in [2.24, 2.45) is 4.99 Å². The van der Waals surface area contributed by atoms with E-state index < -0.39 is 4.92 Å². The van der Waals surface area contributed by atoms with E-state index >= 15 is 0 Å². The van der Waals surface area contributed by atoms with Crippen molar-refractivity contribution < 1.29 is 9.72 Å². The Morgan fingerprint density at radius 3 is 2.43 bits per heavy atom. The highest BCUT2D eigenvalue weighted by molar-refractivity contribution is 8.18. The second-order valence-corrected chi connectivity index (χ2v) is 7.51. The van der Waals surface area contributed by atoms with Crippen LogP contribution in [0, 0.1) is 17.0 Å². The van der Waals surface area contributed by atoms with Crippen LogP contribution in [0.25, 0.3) is 6.08 Å². The van der Waals surface area contributed by atoms with E-state index in [9.17, 15) is 14.9 Å². The normalized spacial score (nSPS) is 16.9. The molecule has 0 bridgehead atoms. The molecule has 3 rings (SSSR count). The summed E-state index contributed by atoms with van der Waals surface area (Å²) in [5.41, 5.74) is 2.73. The molecule has 0 N–H and O–H groups in total. The third kappa shape index (κ3) is 4.67. The summed E-state index contributed by atoms with van der Waals surface area (Å²) in [6.07, 6.45) is 3.63. The zero-order chi connectivity index (χ0) is 20.1. The first kappa shape index (κ1) is 19.8. The van der Waals surface area contributed by atoms with Crippen LogP contribution in [0.3, 0.4) is 0 Å². The van der Waals surface area contributed by atoms with E-state index in [1.54, 1.807) is 23.1 Å². The number of carbonyl (C=O) groups is 1. The lowest BCUT2D eigenvalue weighted by Gasteiger charge is -2.14. The lowest BCUT2D eigenvalue weighted by atomic mass is 10.2. The number of nitro benzene ring substituents is 1. The highest BCUT2D eigenvalue weighted by Crippen LogP contribution is 2.34. The molecule has 1 aliphatic heterocycles. The van der Waals surface area contributed by atoms with Gasteiger partial charge in [-0.2, -0.15) is 0 Å². The number of aryl methyl sites for hydroxylation is 1. The number of hydrogen-bond donors (Lipinski definition) is 0.